The van der Waals surface area contributed by atoms with Crippen molar-refractivity contribution >= 4 is 5.97 Å². The van der Waals surface area contributed by atoms with Crippen LogP contribution in [0.1, 0.15) is 78.1 Å². The Balaban J connectivity index is 2.13. The van der Waals surface area contributed by atoms with E-state index in [0.29, 0.717) is 17.7 Å². The molecular formula is C18H31NO2. The number of hydrogen-bond donors (Lipinski definition) is 1. The molecular weight excluding hydrogens is 262 g/mol. The lowest BCUT2D eigenvalue weighted by molar-refractivity contribution is -0.132. The zero-order valence-electron chi connectivity index (χ0n) is 13.7. The molecule has 21 heavy (non-hydrogen) atoms. The first-order chi connectivity index (χ1) is 10.1. The fourth-order valence-electron chi connectivity index (χ4n) is 4.24. The first-order valence-corrected chi connectivity index (χ1v) is 8.78. The van der Waals surface area contributed by atoms with Crippen molar-refractivity contribution in [1.82, 2.24) is 4.90 Å². The van der Waals surface area contributed by atoms with Crippen LogP contribution in [0.3, 0.4) is 0 Å². The number of hydrogen-bond acceptors (Lipinski definition) is 2. The summed E-state index contributed by atoms with van der Waals surface area (Å²) in [7, 11) is 0. The third kappa shape index (κ3) is 4.57. The summed E-state index contributed by atoms with van der Waals surface area (Å²) in [6.45, 7) is 3.91. The van der Waals surface area contributed by atoms with E-state index in [2.05, 4.69) is 11.8 Å². The summed E-state index contributed by atoms with van der Waals surface area (Å²) < 4.78 is 0. The van der Waals surface area contributed by atoms with Crippen LogP contribution in [-0.2, 0) is 4.79 Å². The Morgan fingerprint density at radius 1 is 1.00 bits per heavy atom. The highest BCUT2D eigenvalue weighted by Crippen LogP contribution is 2.32. The average molecular weight is 293 g/mol. The van der Waals surface area contributed by atoms with Gasteiger partial charge in [-0.15, -0.1) is 0 Å². The van der Waals surface area contributed by atoms with Crippen molar-refractivity contribution in [2.75, 3.05) is 0 Å². The molecule has 0 bridgehead atoms. The fraction of sp³-hybridized carbons (Fsp3) is 0.833. The van der Waals surface area contributed by atoms with E-state index in [1.54, 1.807) is 6.92 Å². The Hall–Kier alpha value is -0.830. The van der Waals surface area contributed by atoms with Crippen LogP contribution in [-0.4, -0.2) is 34.1 Å². The van der Waals surface area contributed by atoms with Gasteiger partial charge in [0.05, 0.1) is 0 Å². The van der Waals surface area contributed by atoms with Gasteiger partial charge in [-0.2, -0.15) is 0 Å². The second-order valence-corrected chi connectivity index (χ2v) is 6.93. The van der Waals surface area contributed by atoms with Gasteiger partial charge < -0.3 is 5.11 Å². The van der Waals surface area contributed by atoms with Gasteiger partial charge in [0.25, 0.3) is 0 Å². The molecule has 1 N–H and O–H groups in total. The molecule has 1 atom stereocenters. The summed E-state index contributed by atoms with van der Waals surface area (Å²) in [4.78, 5) is 13.8. The molecule has 0 amide bonds. The molecule has 3 heteroatoms. The maximum absolute atomic E-state index is 11.1. The number of carboxylic acid groups (broad SMARTS) is 1. The molecule has 2 aliphatic rings. The number of aliphatic carboxylic acids is 1. The summed E-state index contributed by atoms with van der Waals surface area (Å²) in [5, 5.41) is 9.15. The van der Waals surface area contributed by atoms with Crippen LogP contribution in [0.2, 0.25) is 0 Å². The molecule has 2 saturated carbocycles. The first-order valence-electron chi connectivity index (χ1n) is 8.78. The first kappa shape index (κ1) is 16.5. The lowest BCUT2D eigenvalue weighted by Crippen LogP contribution is -2.49. The van der Waals surface area contributed by atoms with Gasteiger partial charge in [0.15, 0.2) is 0 Å². The molecule has 2 fully saturated rings. The minimum atomic E-state index is -0.783. The largest absolute Gasteiger partial charge is 0.478 e. The smallest absolute Gasteiger partial charge is 0.331 e. The Bertz CT molecular complexity index is 347. The summed E-state index contributed by atoms with van der Waals surface area (Å²) >= 11 is 0. The zero-order chi connectivity index (χ0) is 15.2. The number of rotatable bonds is 5. The molecule has 0 aromatic heterocycles. The summed E-state index contributed by atoms with van der Waals surface area (Å²) in [6.07, 6.45) is 15.2. The summed E-state index contributed by atoms with van der Waals surface area (Å²) in [6, 6.07) is 1.57. The van der Waals surface area contributed by atoms with E-state index >= 15 is 0 Å². The van der Waals surface area contributed by atoms with Gasteiger partial charge in [0.2, 0.25) is 0 Å². The maximum atomic E-state index is 11.1. The van der Waals surface area contributed by atoms with Gasteiger partial charge >= 0.3 is 5.97 Å². The van der Waals surface area contributed by atoms with Crippen molar-refractivity contribution in [3.05, 3.63) is 11.6 Å². The molecule has 0 spiro atoms. The van der Waals surface area contributed by atoms with Crippen molar-refractivity contribution in [2.45, 2.75) is 96.2 Å². The second-order valence-electron chi connectivity index (χ2n) is 6.93. The number of carbonyl (C=O) groups is 1. The fourth-order valence-corrected chi connectivity index (χ4v) is 4.24. The highest BCUT2D eigenvalue weighted by molar-refractivity contribution is 5.85. The van der Waals surface area contributed by atoms with Gasteiger partial charge in [-0.25, -0.2) is 4.79 Å². The molecule has 0 heterocycles. The zero-order valence-corrected chi connectivity index (χ0v) is 13.7. The van der Waals surface area contributed by atoms with Crippen LogP contribution in [0.5, 0.6) is 0 Å². The standard InChI is InChI=1S/C18H31NO2/c1-14(18(20)21)13-15(2)19(16-9-5-3-6-10-16)17-11-7-4-8-12-17/h13,15-17H,3-12H2,1-2H3,(H,20,21). The molecule has 2 aliphatic carbocycles. The highest BCUT2D eigenvalue weighted by atomic mass is 16.4. The van der Waals surface area contributed by atoms with E-state index in [9.17, 15) is 4.79 Å². The van der Waals surface area contributed by atoms with E-state index in [4.69, 9.17) is 5.11 Å². The van der Waals surface area contributed by atoms with E-state index in [1.165, 1.54) is 64.2 Å². The van der Waals surface area contributed by atoms with Crippen molar-refractivity contribution in [3.8, 4) is 0 Å². The Morgan fingerprint density at radius 2 is 1.43 bits per heavy atom. The molecule has 3 nitrogen and oxygen atoms in total. The topological polar surface area (TPSA) is 40.5 Å². The van der Waals surface area contributed by atoms with E-state index in [0.717, 1.165) is 0 Å². The SMILES string of the molecule is CC(=CC(C)N(C1CCCCC1)C1CCCCC1)C(=O)O. The molecule has 1 unspecified atom stereocenters. The molecule has 0 radical (unpaired) electrons. The van der Waals surface area contributed by atoms with E-state index < -0.39 is 5.97 Å². The van der Waals surface area contributed by atoms with E-state index in [1.807, 2.05) is 6.08 Å². The second kappa shape index (κ2) is 7.98. The molecule has 2 rings (SSSR count). The Kier molecular flexibility index (Phi) is 6.28. The minimum absolute atomic E-state index is 0.243. The summed E-state index contributed by atoms with van der Waals surface area (Å²) in [5.41, 5.74) is 0.485. The van der Waals surface area contributed by atoms with Gasteiger partial charge in [0.1, 0.15) is 0 Å². The van der Waals surface area contributed by atoms with Crippen LogP contribution in [0, 0.1) is 0 Å². The normalized spacial score (nSPS) is 24.2. The van der Waals surface area contributed by atoms with Crippen LogP contribution in [0.4, 0.5) is 0 Å². The monoisotopic (exact) mass is 293 g/mol. The molecule has 0 aromatic carbocycles. The Morgan fingerprint density at radius 3 is 1.81 bits per heavy atom. The average Bonchev–Trinajstić information content (AvgIpc) is 2.49. The van der Waals surface area contributed by atoms with E-state index in [-0.39, 0.29) is 6.04 Å². The molecule has 120 valence electrons. The highest BCUT2D eigenvalue weighted by Gasteiger charge is 2.31. The van der Waals surface area contributed by atoms with Gasteiger partial charge in [0, 0.05) is 23.7 Å². The van der Waals surface area contributed by atoms with Gasteiger partial charge in [-0.05, 0) is 39.5 Å². The van der Waals surface area contributed by atoms with Crippen molar-refractivity contribution < 1.29 is 9.90 Å². The van der Waals surface area contributed by atoms with Gasteiger partial charge in [-0.1, -0.05) is 44.6 Å². The predicted octanol–water partition coefficient (Wildman–Crippen LogP) is 4.37. The lowest BCUT2D eigenvalue weighted by Gasteiger charge is -2.44. The van der Waals surface area contributed by atoms with Crippen LogP contribution in [0.25, 0.3) is 0 Å². The lowest BCUT2D eigenvalue weighted by atomic mass is 9.87. The Labute approximate surface area is 129 Å². The summed E-state index contributed by atoms with van der Waals surface area (Å²) in [5.74, 6) is -0.783. The third-order valence-electron chi connectivity index (χ3n) is 5.29. The van der Waals surface area contributed by atoms with Crippen molar-refractivity contribution in [2.24, 2.45) is 0 Å². The maximum Gasteiger partial charge on any atom is 0.331 e. The molecule has 0 saturated heterocycles. The van der Waals surface area contributed by atoms with Crippen molar-refractivity contribution in [1.29, 1.82) is 0 Å². The number of carboxylic acids is 1. The third-order valence-corrected chi connectivity index (χ3v) is 5.29. The predicted molar refractivity (Wildman–Crippen MR) is 86.4 cm³/mol. The quantitative estimate of drug-likeness (QED) is 0.765. The molecule has 0 aliphatic heterocycles. The van der Waals surface area contributed by atoms with Crippen LogP contribution >= 0.6 is 0 Å². The van der Waals surface area contributed by atoms with Crippen LogP contribution < -0.4 is 0 Å². The molecule has 0 aromatic rings. The number of nitrogens with zero attached hydrogens (tertiary/aromatic N) is 1. The van der Waals surface area contributed by atoms with Gasteiger partial charge in [-0.3, -0.25) is 4.90 Å². The van der Waals surface area contributed by atoms with Crippen molar-refractivity contribution in [3.63, 3.8) is 0 Å². The minimum Gasteiger partial charge on any atom is -0.478 e. The van der Waals surface area contributed by atoms with Crippen LogP contribution in [0.15, 0.2) is 11.6 Å².